The Bertz CT molecular complexity index is 524. The number of morpholine rings is 1. The molecule has 2 aliphatic heterocycles. The number of hydrogen-bond acceptors (Lipinski definition) is 4. The van der Waals surface area contributed by atoms with Crippen molar-refractivity contribution in [2.45, 2.75) is 44.9 Å². The molecule has 0 saturated carbocycles. The van der Waals surface area contributed by atoms with Gasteiger partial charge in [-0.3, -0.25) is 4.79 Å². The molecule has 0 N–H and O–H groups in total. The molecule has 3 rings (SSSR count). The minimum Gasteiger partial charge on any atom is -0.491 e. The van der Waals surface area contributed by atoms with Crippen molar-refractivity contribution >= 4 is 5.91 Å². The topological polar surface area (TPSA) is 48.0 Å². The third kappa shape index (κ3) is 4.03. The maximum atomic E-state index is 12.6. The number of hydrogen-bond donors (Lipinski definition) is 0. The molecule has 5 nitrogen and oxygen atoms in total. The molecule has 2 aliphatic rings. The van der Waals surface area contributed by atoms with E-state index in [4.69, 9.17) is 14.2 Å². The molecule has 1 aromatic carbocycles. The Balaban J connectivity index is 1.58. The number of carbonyl (C=O) groups excluding carboxylic acids is 1. The monoisotopic (exact) mass is 319 g/mol. The van der Waals surface area contributed by atoms with E-state index in [2.05, 4.69) is 0 Å². The lowest BCUT2D eigenvalue weighted by Crippen LogP contribution is -2.50. The van der Waals surface area contributed by atoms with Gasteiger partial charge in [-0.25, -0.2) is 0 Å². The average molecular weight is 319 g/mol. The van der Waals surface area contributed by atoms with Crippen molar-refractivity contribution in [3.63, 3.8) is 0 Å². The Labute approximate surface area is 137 Å². The molecule has 5 heteroatoms. The average Bonchev–Trinajstić information content (AvgIpc) is 3.08. The van der Waals surface area contributed by atoms with Crippen LogP contribution in [0, 0.1) is 0 Å². The molecular formula is C18H25NO4. The molecule has 2 fully saturated rings. The van der Waals surface area contributed by atoms with Crippen LogP contribution in [0.3, 0.4) is 0 Å². The number of rotatable bonds is 4. The van der Waals surface area contributed by atoms with Gasteiger partial charge in [-0.15, -0.1) is 0 Å². The zero-order valence-electron chi connectivity index (χ0n) is 13.9. The standard InChI is InChI=1S/C18H25NO4/c1-13-11-22-14(2)10-19(13)18(20)15-5-7-16(8-6-15)23-12-17-4-3-9-21-17/h5-8,13-14,17H,3-4,9-12H2,1-2H3/t13-,14-,17+/m1/s1. The van der Waals surface area contributed by atoms with Crippen molar-refractivity contribution in [2.24, 2.45) is 0 Å². The minimum atomic E-state index is 0.0540. The Morgan fingerprint density at radius 3 is 2.74 bits per heavy atom. The fraction of sp³-hybridized carbons (Fsp3) is 0.611. The van der Waals surface area contributed by atoms with Crippen molar-refractivity contribution in [1.82, 2.24) is 4.90 Å². The van der Waals surface area contributed by atoms with Crippen LogP contribution >= 0.6 is 0 Å². The normalized spacial score (nSPS) is 27.9. The smallest absolute Gasteiger partial charge is 0.254 e. The molecule has 1 amide bonds. The number of ether oxygens (including phenoxy) is 3. The minimum absolute atomic E-state index is 0.0540. The van der Waals surface area contributed by atoms with Gasteiger partial charge < -0.3 is 19.1 Å². The highest BCUT2D eigenvalue weighted by atomic mass is 16.5. The number of nitrogens with zero attached hydrogens (tertiary/aromatic N) is 1. The first-order valence-corrected chi connectivity index (χ1v) is 8.40. The summed E-state index contributed by atoms with van der Waals surface area (Å²) in [4.78, 5) is 14.5. The molecule has 0 unspecified atom stereocenters. The van der Waals surface area contributed by atoms with Crippen molar-refractivity contribution < 1.29 is 19.0 Å². The molecule has 126 valence electrons. The predicted octanol–water partition coefficient (Wildman–Crippen LogP) is 2.49. The number of benzene rings is 1. The second kappa shape index (κ2) is 7.32. The quantitative estimate of drug-likeness (QED) is 0.855. The summed E-state index contributed by atoms with van der Waals surface area (Å²) in [5.74, 6) is 0.832. The van der Waals surface area contributed by atoms with Gasteiger partial charge >= 0.3 is 0 Å². The van der Waals surface area contributed by atoms with E-state index in [9.17, 15) is 4.79 Å². The molecule has 2 saturated heterocycles. The lowest BCUT2D eigenvalue weighted by Gasteiger charge is -2.36. The van der Waals surface area contributed by atoms with Crippen molar-refractivity contribution in [2.75, 3.05) is 26.4 Å². The summed E-state index contributed by atoms with van der Waals surface area (Å²) in [5, 5.41) is 0. The second-order valence-corrected chi connectivity index (χ2v) is 6.42. The summed E-state index contributed by atoms with van der Waals surface area (Å²) in [5.41, 5.74) is 0.690. The number of amides is 1. The van der Waals surface area contributed by atoms with E-state index in [1.807, 2.05) is 43.0 Å². The summed E-state index contributed by atoms with van der Waals surface area (Å²) in [6.45, 7) is 6.65. The predicted molar refractivity (Wildman–Crippen MR) is 86.8 cm³/mol. The fourth-order valence-electron chi connectivity index (χ4n) is 3.01. The molecule has 2 heterocycles. The molecule has 0 aromatic heterocycles. The van der Waals surface area contributed by atoms with Gasteiger partial charge in [0.25, 0.3) is 5.91 Å². The van der Waals surface area contributed by atoms with E-state index < -0.39 is 0 Å². The zero-order valence-corrected chi connectivity index (χ0v) is 13.9. The van der Waals surface area contributed by atoms with E-state index in [0.29, 0.717) is 25.3 Å². The molecule has 0 spiro atoms. The van der Waals surface area contributed by atoms with E-state index in [-0.39, 0.29) is 24.2 Å². The Kier molecular flexibility index (Phi) is 5.18. The lowest BCUT2D eigenvalue weighted by atomic mass is 10.1. The summed E-state index contributed by atoms with van der Waals surface area (Å²) in [6, 6.07) is 7.49. The van der Waals surface area contributed by atoms with Gasteiger partial charge in [0, 0.05) is 18.7 Å². The van der Waals surface area contributed by atoms with Crippen molar-refractivity contribution in [3.05, 3.63) is 29.8 Å². The van der Waals surface area contributed by atoms with E-state index in [0.717, 1.165) is 25.2 Å². The Hall–Kier alpha value is -1.59. The SMILES string of the molecule is C[C@@H]1CN(C(=O)c2ccc(OC[C@@H]3CCCO3)cc2)[C@H](C)CO1. The highest BCUT2D eigenvalue weighted by Gasteiger charge is 2.28. The molecule has 23 heavy (non-hydrogen) atoms. The molecular weight excluding hydrogens is 294 g/mol. The van der Waals surface area contributed by atoms with Crippen LogP contribution < -0.4 is 4.74 Å². The Morgan fingerprint density at radius 2 is 2.04 bits per heavy atom. The molecule has 0 bridgehead atoms. The summed E-state index contributed by atoms with van der Waals surface area (Å²) >= 11 is 0. The van der Waals surface area contributed by atoms with Gasteiger partial charge in [0.05, 0.1) is 24.9 Å². The summed E-state index contributed by atoms with van der Waals surface area (Å²) in [6.07, 6.45) is 2.46. The maximum absolute atomic E-state index is 12.6. The van der Waals surface area contributed by atoms with E-state index in [1.165, 1.54) is 0 Å². The van der Waals surface area contributed by atoms with Gasteiger partial charge in [-0.05, 0) is 51.0 Å². The molecule has 0 radical (unpaired) electrons. The van der Waals surface area contributed by atoms with Gasteiger partial charge in [0.1, 0.15) is 12.4 Å². The second-order valence-electron chi connectivity index (χ2n) is 6.42. The molecule has 1 aromatic rings. The van der Waals surface area contributed by atoms with Crippen LogP contribution in [0.15, 0.2) is 24.3 Å². The van der Waals surface area contributed by atoms with Crippen LogP contribution in [0.25, 0.3) is 0 Å². The van der Waals surface area contributed by atoms with Crippen molar-refractivity contribution in [1.29, 1.82) is 0 Å². The van der Waals surface area contributed by atoms with Crippen LogP contribution in [0.2, 0.25) is 0 Å². The zero-order chi connectivity index (χ0) is 16.2. The molecule has 3 atom stereocenters. The first kappa shape index (κ1) is 16.3. The van der Waals surface area contributed by atoms with Crippen LogP contribution in [0.5, 0.6) is 5.75 Å². The van der Waals surface area contributed by atoms with Gasteiger partial charge in [-0.2, -0.15) is 0 Å². The largest absolute Gasteiger partial charge is 0.491 e. The number of carbonyl (C=O) groups is 1. The first-order chi connectivity index (χ1) is 11.1. The van der Waals surface area contributed by atoms with Crippen LogP contribution in [-0.2, 0) is 9.47 Å². The summed E-state index contributed by atoms with van der Waals surface area (Å²) in [7, 11) is 0. The van der Waals surface area contributed by atoms with Gasteiger partial charge in [-0.1, -0.05) is 0 Å². The van der Waals surface area contributed by atoms with Crippen molar-refractivity contribution in [3.8, 4) is 5.75 Å². The first-order valence-electron chi connectivity index (χ1n) is 8.40. The highest BCUT2D eigenvalue weighted by Crippen LogP contribution is 2.19. The fourth-order valence-corrected chi connectivity index (χ4v) is 3.01. The highest BCUT2D eigenvalue weighted by molar-refractivity contribution is 5.94. The van der Waals surface area contributed by atoms with Gasteiger partial charge in [0.15, 0.2) is 0 Å². The third-order valence-electron chi connectivity index (χ3n) is 4.43. The maximum Gasteiger partial charge on any atom is 0.254 e. The van der Waals surface area contributed by atoms with E-state index in [1.54, 1.807) is 0 Å². The lowest BCUT2D eigenvalue weighted by molar-refractivity contribution is -0.0387. The summed E-state index contributed by atoms with van der Waals surface area (Å²) < 4.78 is 16.9. The van der Waals surface area contributed by atoms with Crippen LogP contribution in [-0.4, -0.2) is 55.4 Å². The van der Waals surface area contributed by atoms with Gasteiger partial charge in [0.2, 0.25) is 0 Å². The van der Waals surface area contributed by atoms with Crippen LogP contribution in [0.1, 0.15) is 37.0 Å². The molecule has 0 aliphatic carbocycles. The van der Waals surface area contributed by atoms with Crippen LogP contribution in [0.4, 0.5) is 0 Å². The van der Waals surface area contributed by atoms with E-state index >= 15 is 0 Å². The third-order valence-corrected chi connectivity index (χ3v) is 4.43. The Morgan fingerprint density at radius 1 is 1.26 bits per heavy atom.